The lowest BCUT2D eigenvalue weighted by atomic mass is 10.4. The summed E-state index contributed by atoms with van der Waals surface area (Å²) in [5.74, 6) is 0. The molecule has 0 amide bonds. The molecule has 0 bridgehead atoms. The van der Waals surface area contributed by atoms with Gasteiger partial charge in [-0.25, -0.2) is 0 Å². The second-order valence-corrected chi connectivity index (χ2v) is 2.47. The Balaban J connectivity index is 3.22. The molecule has 0 N–H and O–H groups in total. The van der Waals surface area contributed by atoms with Gasteiger partial charge in [-0.05, 0) is 11.0 Å². The molecule has 0 nitrogen and oxygen atoms in total. The fourth-order valence-corrected chi connectivity index (χ4v) is 1.31. The molecule has 0 radical (unpaired) electrons. The molecule has 0 fully saturated rings. The van der Waals surface area contributed by atoms with E-state index in [9.17, 15) is 0 Å². The highest BCUT2D eigenvalue weighted by atomic mass is 127. The maximum Gasteiger partial charge on any atom is 0.0210 e. The second kappa shape index (κ2) is 4.36. The van der Waals surface area contributed by atoms with Crippen molar-refractivity contribution in [1.82, 2.24) is 0 Å². The molecule has 0 atom stereocenters. The van der Waals surface area contributed by atoms with Crippen LogP contribution < -0.4 is 0 Å². The van der Waals surface area contributed by atoms with Gasteiger partial charge in [0.15, 0.2) is 0 Å². The van der Waals surface area contributed by atoms with E-state index >= 15 is 0 Å². The number of alkyl halides is 1. The van der Waals surface area contributed by atoms with Crippen molar-refractivity contribution in [3.63, 3.8) is 0 Å². The Labute approximate surface area is 65.7 Å². The standard InChI is InChI=1S/C4H6I2/c1-4(2-5)3-6/h2H,3H2,1H3/b4-2+. The first-order valence-electron chi connectivity index (χ1n) is 1.63. The van der Waals surface area contributed by atoms with E-state index in [0.29, 0.717) is 0 Å². The molecule has 0 saturated carbocycles. The SMILES string of the molecule is C/C(=C\I)CI. The van der Waals surface area contributed by atoms with Crippen LogP contribution in [0.25, 0.3) is 0 Å². The average Bonchev–Trinajstić information content (AvgIpc) is 1.65. The molecule has 0 heterocycles. The third-order valence-electron chi connectivity index (χ3n) is 0.397. The van der Waals surface area contributed by atoms with Crippen molar-refractivity contribution < 1.29 is 0 Å². The van der Waals surface area contributed by atoms with Crippen molar-refractivity contribution in [2.75, 3.05) is 4.43 Å². The van der Waals surface area contributed by atoms with Crippen molar-refractivity contribution >= 4 is 45.2 Å². The van der Waals surface area contributed by atoms with E-state index < -0.39 is 0 Å². The van der Waals surface area contributed by atoms with Gasteiger partial charge in [-0.15, -0.1) is 0 Å². The van der Waals surface area contributed by atoms with Gasteiger partial charge < -0.3 is 0 Å². The fourth-order valence-electron chi connectivity index (χ4n) is 0.0292. The molecule has 0 spiro atoms. The van der Waals surface area contributed by atoms with Gasteiger partial charge in [-0.3, -0.25) is 0 Å². The minimum absolute atomic E-state index is 1.15. The highest BCUT2D eigenvalue weighted by Gasteiger charge is 1.75. The lowest BCUT2D eigenvalue weighted by Crippen LogP contribution is -1.67. The van der Waals surface area contributed by atoms with Gasteiger partial charge in [-0.2, -0.15) is 0 Å². The lowest BCUT2D eigenvalue weighted by Gasteiger charge is -1.82. The van der Waals surface area contributed by atoms with Gasteiger partial charge in [0.05, 0.1) is 0 Å². The number of hydrogen-bond acceptors (Lipinski definition) is 0. The first-order valence-corrected chi connectivity index (χ1v) is 4.40. The summed E-state index contributed by atoms with van der Waals surface area (Å²) in [7, 11) is 0. The normalized spacial score (nSPS) is 12.2. The Hall–Kier alpha value is 1.20. The van der Waals surface area contributed by atoms with Gasteiger partial charge in [-0.1, -0.05) is 50.8 Å². The summed E-state index contributed by atoms with van der Waals surface area (Å²) < 4.78 is 3.25. The maximum absolute atomic E-state index is 2.34. The van der Waals surface area contributed by atoms with Gasteiger partial charge in [0, 0.05) is 4.43 Å². The van der Waals surface area contributed by atoms with Gasteiger partial charge in [0.1, 0.15) is 0 Å². The zero-order valence-corrected chi connectivity index (χ0v) is 7.86. The Bertz CT molecular complexity index is 56.6. The van der Waals surface area contributed by atoms with Crippen LogP contribution in [0.5, 0.6) is 0 Å². The van der Waals surface area contributed by atoms with E-state index in [0.717, 1.165) is 4.43 Å². The van der Waals surface area contributed by atoms with E-state index in [4.69, 9.17) is 0 Å². The zero-order chi connectivity index (χ0) is 4.99. The van der Waals surface area contributed by atoms with Crippen LogP contribution in [0.3, 0.4) is 0 Å². The number of hydrogen-bond donors (Lipinski definition) is 0. The van der Waals surface area contributed by atoms with E-state index in [1.807, 2.05) is 0 Å². The van der Waals surface area contributed by atoms with E-state index in [2.05, 4.69) is 56.2 Å². The molecular weight excluding hydrogens is 302 g/mol. The van der Waals surface area contributed by atoms with E-state index in [1.54, 1.807) is 0 Å². The lowest BCUT2D eigenvalue weighted by molar-refractivity contribution is 1.47. The monoisotopic (exact) mass is 308 g/mol. The molecular formula is C4H6I2. The van der Waals surface area contributed by atoms with Gasteiger partial charge >= 0.3 is 0 Å². The topological polar surface area (TPSA) is 0 Å². The minimum atomic E-state index is 1.15. The second-order valence-electron chi connectivity index (χ2n) is 1.09. The third-order valence-corrected chi connectivity index (χ3v) is 2.66. The molecule has 0 aromatic carbocycles. The van der Waals surface area contributed by atoms with Gasteiger partial charge in [0.25, 0.3) is 0 Å². The summed E-state index contributed by atoms with van der Waals surface area (Å²) in [4.78, 5) is 0. The molecule has 0 saturated heterocycles. The van der Waals surface area contributed by atoms with Crippen LogP contribution in [0.15, 0.2) is 9.66 Å². The molecule has 0 aromatic rings. The molecule has 0 unspecified atom stereocenters. The Kier molecular flexibility index (Phi) is 5.23. The smallest absolute Gasteiger partial charge is 0.0210 e. The summed E-state index contributed by atoms with van der Waals surface area (Å²) >= 11 is 4.59. The average molecular weight is 308 g/mol. The summed E-state index contributed by atoms with van der Waals surface area (Å²) in [6.07, 6.45) is 0. The quantitative estimate of drug-likeness (QED) is 0.516. The Morgan fingerprint density at radius 1 is 1.83 bits per heavy atom. The van der Waals surface area contributed by atoms with Crippen LogP contribution in [-0.2, 0) is 0 Å². The molecule has 36 valence electrons. The van der Waals surface area contributed by atoms with Crippen LogP contribution in [0.1, 0.15) is 6.92 Å². The molecule has 0 rings (SSSR count). The predicted molar refractivity (Wildman–Crippen MR) is 46.7 cm³/mol. The highest BCUT2D eigenvalue weighted by molar-refractivity contribution is 14.1. The number of halogens is 2. The number of rotatable bonds is 1. The van der Waals surface area contributed by atoms with Crippen molar-refractivity contribution in [1.29, 1.82) is 0 Å². The summed E-state index contributed by atoms with van der Waals surface area (Å²) in [6.45, 7) is 2.12. The minimum Gasteiger partial charge on any atom is -0.0815 e. The zero-order valence-electron chi connectivity index (χ0n) is 3.54. The molecule has 0 aliphatic heterocycles. The van der Waals surface area contributed by atoms with Crippen LogP contribution >= 0.6 is 45.2 Å². The van der Waals surface area contributed by atoms with Crippen molar-refractivity contribution in [2.24, 2.45) is 0 Å². The predicted octanol–water partition coefficient (Wildman–Crippen LogP) is 2.76. The largest absolute Gasteiger partial charge is 0.0815 e. The first kappa shape index (κ1) is 7.20. The highest BCUT2D eigenvalue weighted by Crippen LogP contribution is 2.00. The summed E-state index contributed by atoms with van der Waals surface area (Å²) in [5, 5.41) is 0. The summed E-state index contributed by atoms with van der Waals surface area (Å²) in [6, 6.07) is 0. The summed E-state index contributed by atoms with van der Waals surface area (Å²) in [5.41, 5.74) is 1.44. The number of allylic oxidation sites excluding steroid dienone is 1. The van der Waals surface area contributed by atoms with E-state index in [-0.39, 0.29) is 0 Å². The van der Waals surface area contributed by atoms with Gasteiger partial charge in [0.2, 0.25) is 0 Å². The van der Waals surface area contributed by atoms with Crippen molar-refractivity contribution in [3.8, 4) is 0 Å². The van der Waals surface area contributed by atoms with Crippen LogP contribution in [0.4, 0.5) is 0 Å². The molecule has 0 aromatic heterocycles. The Morgan fingerprint density at radius 2 is 2.33 bits per heavy atom. The molecule has 2 heteroatoms. The van der Waals surface area contributed by atoms with Crippen LogP contribution in [0.2, 0.25) is 0 Å². The van der Waals surface area contributed by atoms with E-state index in [1.165, 1.54) is 5.57 Å². The molecule has 0 aliphatic rings. The Morgan fingerprint density at radius 3 is 2.33 bits per heavy atom. The maximum atomic E-state index is 2.34. The van der Waals surface area contributed by atoms with Crippen LogP contribution in [0, 0.1) is 0 Å². The van der Waals surface area contributed by atoms with Crippen molar-refractivity contribution in [2.45, 2.75) is 6.92 Å². The molecule has 6 heavy (non-hydrogen) atoms. The first-order chi connectivity index (χ1) is 2.81. The molecule has 0 aliphatic carbocycles. The fraction of sp³-hybridized carbons (Fsp3) is 0.500. The van der Waals surface area contributed by atoms with Crippen LogP contribution in [-0.4, -0.2) is 4.43 Å². The van der Waals surface area contributed by atoms with Crippen molar-refractivity contribution in [3.05, 3.63) is 9.66 Å². The third kappa shape index (κ3) is 3.39.